The SMILES string of the molecule is CN(C)C(=NCc1ccc(F)c(Cl)c1)N(C)C. The number of aliphatic imine (C=N–C) groups is 1. The van der Waals surface area contributed by atoms with E-state index in [1.165, 1.54) is 6.07 Å². The maximum Gasteiger partial charge on any atom is 0.195 e. The fourth-order valence-electron chi connectivity index (χ4n) is 1.48. The highest BCUT2D eigenvalue weighted by molar-refractivity contribution is 6.30. The monoisotopic (exact) mass is 257 g/mol. The van der Waals surface area contributed by atoms with Crippen molar-refractivity contribution in [3.63, 3.8) is 0 Å². The van der Waals surface area contributed by atoms with Crippen LogP contribution in [0.25, 0.3) is 0 Å². The molecule has 0 unspecified atom stereocenters. The first-order valence-corrected chi connectivity index (χ1v) is 5.62. The van der Waals surface area contributed by atoms with Gasteiger partial charge < -0.3 is 9.80 Å². The minimum absolute atomic E-state index is 0.133. The van der Waals surface area contributed by atoms with Crippen LogP contribution in [-0.4, -0.2) is 44.0 Å². The van der Waals surface area contributed by atoms with Gasteiger partial charge in [0.15, 0.2) is 5.96 Å². The van der Waals surface area contributed by atoms with E-state index in [-0.39, 0.29) is 5.02 Å². The molecule has 0 amide bonds. The van der Waals surface area contributed by atoms with Crippen molar-refractivity contribution < 1.29 is 4.39 Å². The first kappa shape index (κ1) is 13.8. The van der Waals surface area contributed by atoms with Crippen LogP contribution in [-0.2, 0) is 6.54 Å². The summed E-state index contributed by atoms with van der Waals surface area (Å²) in [5.74, 6) is 0.449. The third-order valence-electron chi connectivity index (χ3n) is 2.19. The Morgan fingerprint density at radius 1 is 1.24 bits per heavy atom. The molecule has 0 atom stereocenters. The van der Waals surface area contributed by atoms with Crippen LogP contribution in [0.5, 0.6) is 0 Å². The van der Waals surface area contributed by atoms with Crippen molar-refractivity contribution in [2.75, 3.05) is 28.2 Å². The van der Waals surface area contributed by atoms with Crippen LogP contribution in [0.1, 0.15) is 5.56 Å². The molecule has 0 aliphatic heterocycles. The number of halogens is 2. The molecule has 0 spiro atoms. The molecule has 0 saturated carbocycles. The summed E-state index contributed by atoms with van der Waals surface area (Å²) in [4.78, 5) is 8.29. The average molecular weight is 258 g/mol. The van der Waals surface area contributed by atoms with Crippen molar-refractivity contribution in [2.45, 2.75) is 6.54 Å². The maximum absolute atomic E-state index is 13.0. The lowest BCUT2D eigenvalue weighted by Crippen LogP contribution is -2.35. The molecule has 0 radical (unpaired) electrons. The summed E-state index contributed by atoms with van der Waals surface area (Å²) in [6.07, 6.45) is 0. The van der Waals surface area contributed by atoms with Crippen molar-refractivity contribution in [1.82, 2.24) is 9.80 Å². The quantitative estimate of drug-likeness (QED) is 0.599. The number of hydrogen-bond donors (Lipinski definition) is 0. The van der Waals surface area contributed by atoms with Crippen LogP contribution in [0.2, 0.25) is 5.02 Å². The zero-order valence-electron chi connectivity index (χ0n) is 10.5. The Hall–Kier alpha value is -1.29. The number of nitrogens with zero attached hydrogens (tertiary/aromatic N) is 3. The molecule has 1 aromatic carbocycles. The van der Waals surface area contributed by atoms with Gasteiger partial charge in [0.2, 0.25) is 0 Å². The molecule has 0 fully saturated rings. The Morgan fingerprint density at radius 2 is 1.82 bits per heavy atom. The summed E-state index contributed by atoms with van der Waals surface area (Å²) >= 11 is 5.71. The second kappa shape index (κ2) is 5.87. The second-order valence-corrected chi connectivity index (χ2v) is 4.56. The topological polar surface area (TPSA) is 18.8 Å². The molecule has 3 nitrogen and oxygen atoms in total. The van der Waals surface area contributed by atoms with E-state index in [0.717, 1.165) is 11.5 Å². The van der Waals surface area contributed by atoms with E-state index >= 15 is 0 Å². The van der Waals surface area contributed by atoms with Crippen molar-refractivity contribution >= 4 is 17.6 Å². The van der Waals surface area contributed by atoms with Crippen molar-refractivity contribution in [1.29, 1.82) is 0 Å². The summed E-state index contributed by atoms with van der Waals surface area (Å²) in [6.45, 7) is 0.478. The minimum Gasteiger partial charge on any atom is -0.349 e. The Kier molecular flexibility index (Phi) is 4.75. The molecule has 0 aromatic heterocycles. The number of guanidine groups is 1. The third-order valence-corrected chi connectivity index (χ3v) is 2.48. The van der Waals surface area contributed by atoms with Gasteiger partial charge in [-0.1, -0.05) is 17.7 Å². The molecule has 0 bridgehead atoms. The van der Waals surface area contributed by atoms with Gasteiger partial charge in [-0.2, -0.15) is 0 Å². The largest absolute Gasteiger partial charge is 0.349 e. The van der Waals surface area contributed by atoms with Gasteiger partial charge >= 0.3 is 0 Å². The molecule has 0 saturated heterocycles. The Labute approximate surface area is 107 Å². The molecular weight excluding hydrogens is 241 g/mol. The van der Waals surface area contributed by atoms with Gasteiger partial charge in [0.05, 0.1) is 11.6 Å². The smallest absolute Gasteiger partial charge is 0.195 e. The fourth-order valence-corrected chi connectivity index (χ4v) is 1.69. The molecule has 1 aromatic rings. The lowest BCUT2D eigenvalue weighted by molar-refractivity contribution is 0.479. The van der Waals surface area contributed by atoms with Gasteiger partial charge in [-0.3, -0.25) is 0 Å². The van der Waals surface area contributed by atoms with E-state index in [1.54, 1.807) is 12.1 Å². The van der Waals surface area contributed by atoms with E-state index < -0.39 is 5.82 Å². The predicted octanol–water partition coefficient (Wildman–Crippen LogP) is 2.46. The minimum atomic E-state index is -0.403. The Bertz CT molecular complexity index is 406. The van der Waals surface area contributed by atoms with E-state index in [0.29, 0.717) is 6.54 Å². The number of benzene rings is 1. The van der Waals surface area contributed by atoms with Gasteiger partial charge in [0, 0.05) is 28.2 Å². The fraction of sp³-hybridized carbons (Fsp3) is 0.417. The van der Waals surface area contributed by atoms with Crippen molar-refractivity contribution in [3.05, 3.63) is 34.6 Å². The van der Waals surface area contributed by atoms with E-state index in [9.17, 15) is 4.39 Å². The summed E-state index contributed by atoms with van der Waals surface area (Å²) in [5, 5.41) is 0.133. The van der Waals surface area contributed by atoms with Gasteiger partial charge in [-0.15, -0.1) is 0 Å². The highest BCUT2D eigenvalue weighted by Gasteiger charge is 2.05. The zero-order valence-corrected chi connectivity index (χ0v) is 11.3. The molecule has 5 heteroatoms. The van der Waals surface area contributed by atoms with Gasteiger partial charge in [-0.25, -0.2) is 9.38 Å². The normalized spacial score (nSPS) is 10.0. The van der Waals surface area contributed by atoms with Gasteiger partial charge in [0.1, 0.15) is 5.82 Å². The van der Waals surface area contributed by atoms with Crippen LogP contribution < -0.4 is 0 Å². The highest BCUT2D eigenvalue weighted by atomic mass is 35.5. The van der Waals surface area contributed by atoms with Crippen LogP contribution >= 0.6 is 11.6 Å². The van der Waals surface area contributed by atoms with Crippen LogP contribution in [0.3, 0.4) is 0 Å². The van der Waals surface area contributed by atoms with Crippen LogP contribution in [0.15, 0.2) is 23.2 Å². The molecule has 0 heterocycles. The molecule has 1 rings (SSSR count). The highest BCUT2D eigenvalue weighted by Crippen LogP contribution is 2.16. The predicted molar refractivity (Wildman–Crippen MR) is 69.9 cm³/mol. The second-order valence-electron chi connectivity index (χ2n) is 4.15. The van der Waals surface area contributed by atoms with Gasteiger partial charge in [0.25, 0.3) is 0 Å². The lowest BCUT2D eigenvalue weighted by atomic mass is 10.2. The first-order valence-electron chi connectivity index (χ1n) is 5.25. The zero-order chi connectivity index (χ0) is 13.0. The average Bonchev–Trinajstić information content (AvgIpc) is 2.22. The molecule has 94 valence electrons. The summed E-state index contributed by atoms with van der Waals surface area (Å²) < 4.78 is 13.0. The number of hydrogen-bond acceptors (Lipinski definition) is 1. The maximum atomic E-state index is 13.0. The van der Waals surface area contributed by atoms with E-state index in [2.05, 4.69) is 4.99 Å². The Balaban J connectivity index is 2.83. The van der Waals surface area contributed by atoms with Gasteiger partial charge in [-0.05, 0) is 17.7 Å². The first-order chi connectivity index (χ1) is 7.91. The van der Waals surface area contributed by atoms with Crippen LogP contribution in [0, 0.1) is 5.82 Å². The standard InChI is InChI=1S/C12H17ClFN3/c1-16(2)12(17(3)4)15-8-9-5-6-11(14)10(13)7-9/h5-7H,8H2,1-4H3. The molecular formula is C12H17ClFN3. The lowest BCUT2D eigenvalue weighted by Gasteiger charge is -2.22. The third kappa shape index (κ3) is 3.89. The molecule has 0 N–H and O–H groups in total. The van der Waals surface area contributed by atoms with Crippen LogP contribution in [0.4, 0.5) is 4.39 Å². The molecule has 0 aliphatic carbocycles. The van der Waals surface area contributed by atoms with E-state index in [1.807, 2.05) is 38.0 Å². The van der Waals surface area contributed by atoms with Crippen molar-refractivity contribution in [2.24, 2.45) is 4.99 Å². The summed E-state index contributed by atoms with van der Waals surface area (Å²) in [5.41, 5.74) is 0.887. The molecule has 17 heavy (non-hydrogen) atoms. The summed E-state index contributed by atoms with van der Waals surface area (Å²) in [6, 6.07) is 4.65. The van der Waals surface area contributed by atoms with Crippen molar-refractivity contribution in [3.8, 4) is 0 Å². The Morgan fingerprint density at radius 3 is 2.29 bits per heavy atom. The summed E-state index contributed by atoms with van der Waals surface area (Å²) in [7, 11) is 7.71. The number of rotatable bonds is 2. The van der Waals surface area contributed by atoms with E-state index in [4.69, 9.17) is 11.6 Å². The molecule has 0 aliphatic rings.